The van der Waals surface area contributed by atoms with Crippen LogP contribution >= 0.6 is 0 Å². The maximum Gasteiger partial charge on any atom is 0.242 e. The molecule has 34 heavy (non-hydrogen) atoms. The van der Waals surface area contributed by atoms with Crippen molar-refractivity contribution < 1.29 is 19.4 Å². The second-order valence-electron chi connectivity index (χ2n) is 9.36. The van der Waals surface area contributed by atoms with E-state index in [9.17, 15) is 9.90 Å². The summed E-state index contributed by atoms with van der Waals surface area (Å²) < 4.78 is 11.8. The molecule has 6 nitrogen and oxygen atoms in total. The second kappa shape index (κ2) is 8.46. The smallest absolute Gasteiger partial charge is 0.242 e. The molecule has 3 aliphatic rings. The number of likely N-dealkylation sites (tertiary alicyclic amines) is 1. The van der Waals surface area contributed by atoms with Crippen LogP contribution in [-0.4, -0.2) is 54.4 Å². The summed E-state index contributed by atoms with van der Waals surface area (Å²) in [6, 6.07) is 25.6. The Morgan fingerprint density at radius 2 is 1.59 bits per heavy atom. The summed E-state index contributed by atoms with van der Waals surface area (Å²) in [5, 5.41) is 10.9. The fourth-order valence-corrected chi connectivity index (χ4v) is 5.55. The number of β-amino-alcohol motifs (C(OH)–C–C–N with tert-alkyl or cyclic N) is 1. The van der Waals surface area contributed by atoms with E-state index in [0.717, 1.165) is 42.9 Å². The molecule has 0 radical (unpaired) electrons. The molecule has 0 aromatic heterocycles. The molecular weight excluding hydrogens is 428 g/mol. The lowest BCUT2D eigenvalue weighted by Gasteiger charge is -2.40. The van der Waals surface area contributed by atoms with E-state index in [1.165, 1.54) is 0 Å². The van der Waals surface area contributed by atoms with Gasteiger partial charge in [0.1, 0.15) is 12.7 Å². The summed E-state index contributed by atoms with van der Waals surface area (Å²) in [6.45, 7) is 2.30. The lowest BCUT2D eigenvalue weighted by atomic mass is 9.73. The van der Waals surface area contributed by atoms with E-state index in [0.29, 0.717) is 24.7 Å². The maximum absolute atomic E-state index is 13.9. The number of carbonyl (C=O) groups excluding carboxylic acids is 1. The number of hydrogen-bond donors (Lipinski definition) is 1. The predicted molar refractivity (Wildman–Crippen MR) is 130 cm³/mol. The third-order valence-electron chi connectivity index (χ3n) is 7.40. The van der Waals surface area contributed by atoms with Crippen LogP contribution in [-0.2, 0) is 10.2 Å². The van der Waals surface area contributed by atoms with Crippen LogP contribution in [0.15, 0.2) is 78.9 Å². The summed E-state index contributed by atoms with van der Waals surface area (Å²) in [5.41, 5.74) is 2.49. The van der Waals surface area contributed by atoms with Gasteiger partial charge in [0, 0.05) is 12.2 Å². The number of piperidine rings is 1. The van der Waals surface area contributed by atoms with Crippen LogP contribution in [0.2, 0.25) is 0 Å². The first-order chi connectivity index (χ1) is 16.7. The van der Waals surface area contributed by atoms with Crippen molar-refractivity contribution in [1.82, 2.24) is 4.90 Å². The minimum absolute atomic E-state index is 0.153. The van der Waals surface area contributed by atoms with Crippen molar-refractivity contribution in [2.45, 2.75) is 30.5 Å². The molecule has 3 aromatic carbocycles. The number of nitrogens with zero attached hydrogens (tertiary/aromatic N) is 2. The molecule has 6 heteroatoms. The van der Waals surface area contributed by atoms with Gasteiger partial charge in [-0.25, -0.2) is 0 Å². The number of hydrogen-bond acceptors (Lipinski definition) is 5. The Kier molecular flexibility index (Phi) is 5.27. The molecule has 1 fully saturated rings. The van der Waals surface area contributed by atoms with E-state index < -0.39 is 17.6 Å². The van der Waals surface area contributed by atoms with Gasteiger partial charge in [-0.3, -0.25) is 9.69 Å². The van der Waals surface area contributed by atoms with Crippen molar-refractivity contribution in [2.24, 2.45) is 0 Å². The van der Waals surface area contributed by atoms with Crippen LogP contribution < -0.4 is 14.4 Å². The molecule has 0 bridgehead atoms. The molecule has 0 aliphatic carbocycles. The van der Waals surface area contributed by atoms with Crippen LogP contribution in [0.4, 0.5) is 11.4 Å². The van der Waals surface area contributed by atoms with E-state index >= 15 is 0 Å². The Morgan fingerprint density at radius 3 is 2.38 bits per heavy atom. The van der Waals surface area contributed by atoms with Gasteiger partial charge in [0.25, 0.3) is 0 Å². The number of para-hydroxylation sites is 4. The first kappa shape index (κ1) is 21.2. The number of carbonyl (C=O) groups is 1. The minimum atomic E-state index is -0.671. The highest BCUT2D eigenvalue weighted by atomic mass is 16.6. The van der Waals surface area contributed by atoms with Crippen LogP contribution in [0, 0.1) is 0 Å². The fraction of sp³-hybridized carbons (Fsp3) is 0.321. The summed E-state index contributed by atoms with van der Waals surface area (Å²) in [7, 11) is 0. The lowest BCUT2D eigenvalue weighted by Crippen LogP contribution is -2.52. The molecule has 0 saturated carbocycles. The number of anilines is 2. The third-order valence-corrected chi connectivity index (χ3v) is 7.40. The Labute approximate surface area is 199 Å². The lowest BCUT2D eigenvalue weighted by molar-refractivity contribution is -0.124. The van der Waals surface area contributed by atoms with Crippen molar-refractivity contribution in [2.75, 3.05) is 31.1 Å². The summed E-state index contributed by atoms with van der Waals surface area (Å²) in [5.74, 6) is 1.54. The van der Waals surface area contributed by atoms with Gasteiger partial charge in [-0.15, -0.1) is 0 Å². The summed E-state index contributed by atoms with van der Waals surface area (Å²) in [6.07, 6.45) is 0.371. The average Bonchev–Trinajstić information content (AvgIpc) is 3.13. The molecule has 1 spiro atoms. The summed E-state index contributed by atoms with van der Waals surface area (Å²) >= 11 is 0. The largest absolute Gasteiger partial charge is 0.486 e. The fourth-order valence-electron chi connectivity index (χ4n) is 5.55. The molecule has 1 N–H and O–H groups in total. The molecule has 2 unspecified atom stereocenters. The molecule has 2 atom stereocenters. The van der Waals surface area contributed by atoms with E-state index in [1.54, 1.807) is 0 Å². The molecular formula is C28H28N2O4. The van der Waals surface area contributed by atoms with Crippen molar-refractivity contribution in [1.29, 1.82) is 0 Å². The van der Waals surface area contributed by atoms with Crippen LogP contribution in [0.3, 0.4) is 0 Å². The molecule has 3 aromatic rings. The normalized spacial score (nSPS) is 22.0. The van der Waals surface area contributed by atoms with E-state index in [1.807, 2.05) is 77.7 Å². The SMILES string of the molecule is O=C1N(c2ccccc2)c2ccccc2C12CCN(CC(O)C1COc3ccccc3O1)CC2. The number of aliphatic hydroxyl groups is 1. The highest BCUT2D eigenvalue weighted by Gasteiger charge is 2.52. The van der Waals surface area contributed by atoms with Gasteiger partial charge in [0.2, 0.25) is 5.91 Å². The van der Waals surface area contributed by atoms with E-state index in [4.69, 9.17) is 9.47 Å². The summed E-state index contributed by atoms with van der Waals surface area (Å²) in [4.78, 5) is 18.0. The highest BCUT2D eigenvalue weighted by molar-refractivity contribution is 6.13. The van der Waals surface area contributed by atoms with E-state index in [-0.39, 0.29) is 5.91 Å². The monoisotopic (exact) mass is 456 g/mol. The Hall–Kier alpha value is -3.35. The quantitative estimate of drug-likeness (QED) is 0.645. The maximum atomic E-state index is 13.9. The molecule has 174 valence electrons. The minimum Gasteiger partial charge on any atom is -0.486 e. The average molecular weight is 457 g/mol. The standard InChI is InChI=1S/C28H28N2O4/c31-23(26-19-33-24-12-6-7-13-25(24)34-26)18-29-16-14-28(15-17-29)21-10-4-5-11-22(21)30(27(28)32)20-8-2-1-3-9-20/h1-13,23,26,31H,14-19H2. The van der Waals surface area contributed by atoms with E-state index in [2.05, 4.69) is 11.0 Å². The van der Waals surface area contributed by atoms with Gasteiger partial charge in [-0.05, 0) is 61.8 Å². The predicted octanol–water partition coefficient (Wildman–Crippen LogP) is 3.90. The number of amides is 1. The Morgan fingerprint density at radius 1 is 0.912 bits per heavy atom. The zero-order valence-electron chi connectivity index (χ0n) is 19.0. The van der Waals surface area contributed by atoms with Gasteiger partial charge in [-0.1, -0.05) is 48.5 Å². The van der Waals surface area contributed by atoms with Crippen molar-refractivity contribution >= 4 is 17.3 Å². The third kappa shape index (κ3) is 3.45. The van der Waals surface area contributed by atoms with Gasteiger partial charge in [0.05, 0.1) is 11.1 Å². The number of rotatable bonds is 4. The van der Waals surface area contributed by atoms with Gasteiger partial charge in [0.15, 0.2) is 17.6 Å². The molecule has 3 heterocycles. The zero-order valence-corrected chi connectivity index (χ0v) is 19.0. The molecule has 1 saturated heterocycles. The molecule has 6 rings (SSSR count). The van der Waals surface area contributed by atoms with Crippen LogP contribution in [0.5, 0.6) is 11.5 Å². The van der Waals surface area contributed by atoms with Crippen molar-refractivity contribution in [3.05, 3.63) is 84.4 Å². The Bertz CT molecular complexity index is 1190. The zero-order chi connectivity index (χ0) is 23.1. The Balaban J connectivity index is 1.16. The van der Waals surface area contributed by atoms with Crippen molar-refractivity contribution in [3.8, 4) is 11.5 Å². The van der Waals surface area contributed by atoms with Gasteiger partial charge < -0.3 is 19.5 Å². The molecule has 3 aliphatic heterocycles. The first-order valence-electron chi connectivity index (χ1n) is 11.9. The second-order valence-corrected chi connectivity index (χ2v) is 9.36. The number of ether oxygens (including phenoxy) is 2. The van der Waals surface area contributed by atoms with Crippen LogP contribution in [0.1, 0.15) is 18.4 Å². The first-order valence-corrected chi connectivity index (χ1v) is 11.9. The van der Waals surface area contributed by atoms with Crippen LogP contribution in [0.25, 0.3) is 0 Å². The molecule has 1 amide bonds. The number of benzene rings is 3. The number of fused-ring (bicyclic) bond motifs is 3. The topological polar surface area (TPSA) is 62.2 Å². The highest BCUT2D eigenvalue weighted by Crippen LogP contribution is 2.50. The van der Waals surface area contributed by atoms with Crippen molar-refractivity contribution in [3.63, 3.8) is 0 Å². The van der Waals surface area contributed by atoms with Gasteiger partial charge in [-0.2, -0.15) is 0 Å². The van der Waals surface area contributed by atoms with Gasteiger partial charge >= 0.3 is 0 Å². The number of aliphatic hydroxyl groups excluding tert-OH is 1.